The minimum Gasteiger partial charge on any atom is -0.387 e. The molecule has 1 aliphatic carbocycles. The Labute approximate surface area is 91.5 Å². The molecule has 1 N–H and O–H groups in total. The Morgan fingerprint density at radius 2 is 2.38 bits per heavy atom. The molecular weight excluding hydrogens is 277 g/mol. The quantitative estimate of drug-likeness (QED) is 0.744. The summed E-state index contributed by atoms with van der Waals surface area (Å²) in [5.41, 5.74) is 3.17. The maximum absolute atomic E-state index is 9.74. The molecule has 0 aromatic carbocycles. The number of halogens is 1. The van der Waals surface area contributed by atoms with Gasteiger partial charge in [-0.05, 0) is 60.4 Å². The van der Waals surface area contributed by atoms with Crippen LogP contribution in [0, 0.1) is 10.5 Å². The molecule has 0 fully saturated rings. The van der Waals surface area contributed by atoms with Crippen molar-refractivity contribution >= 4 is 22.6 Å². The molecule has 0 bridgehead atoms. The van der Waals surface area contributed by atoms with Crippen molar-refractivity contribution in [3.63, 3.8) is 0 Å². The Bertz CT molecular complexity index is 338. The van der Waals surface area contributed by atoms with Gasteiger partial charge in [-0.2, -0.15) is 0 Å². The molecule has 1 atom stereocenters. The van der Waals surface area contributed by atoms with E-state index < -0.39 is 0 Å². The normalized spacial score (nSPS) is 21.3. The van der Waals surface area contributed by atoms with Crippen LogP contribution in [-0.4, -0.2) is 10.1 Å². The summed E-state index contributed by atoms with van der Waals surface area (Å²) in [6.45, 7) is 1.98. The van der Waals surface area contributed by atoms with Gasteiger partial charge in [-0.25, -0.2) is 0 Å². The van der Waals surface area contributed by atoms with E-state index in [9.17, 15) is 5.11 Å². The van der Waals surface area contributed by atoms with Crippen LogP contribution in [0.2, 0.25) is 0 Å². The lowest BCUT2D eigenvalue weighted by Crippen LogP contribution is -2.13. The smallest absolute Gasteiger partial charge is 0.0963 e. The van der Waals surface area contributed by atoms with Gasteiger partial charge in [0.2, 0.25) is 0 Å². The van der Waals surface area contributed by atoms with Crippen molar-refractivity contribution in [2.45, 2.75) is 32.3 Å². The van der Waals surface area contributed by atoms with E-state index in [2.05, 4.69) is 33.6 Å². The molecule has 1 aromatic heterocycles. The van der Waals surface area contributed by atoms with Crippen molar-refractivity contribution < 1.29 is 5.11 Å². The van der Waals surface area contributed by atoms with E-state index in [4.69, 9.17) is 0 Å². The SMILES string of the molecule is Cc1cc(I)c2c(n1)C(O)CCC2. The van der Waals surface area contributed by atoms with Gasteiger partial charge >= 0.3 is 0 Å². The first-order chi connectivity index (χ1) is 6.18. The highest BCUT2D eigenvalue weighted by molar-refractivity contribution is 14.1. The highest BCUT2D eigenvalue weighted by atomic mass is 127. The van der Waals surface area contributed by atoms with Crippen molar-refractivity contribution in [2.24, 2.45) is 0 Å². The number of nitrogens with zero attached hydrogens (tertiary/aromatic N) is 1. The number of aromatic nitrogens is 1. The molecule has 0 radical (unpaired) electrons. The van der Waals surface area contributed by atoms with Gasteiger partial charge in [0.15, 0.2) is 0 Å². The fourth-order valence-corrected chi connectivity index (χ4v) is 2.81. The van der Waals surface area contributed by atoms with E-state index in [-0.39, 0.29) is 6.10 Å². The molecule has 3 heteroatoms. The van der Waals surface area contributed by atoms with Gasteiger partial charge in [0.05, 0.1) is 11.8 Å². The predicted molar refractivity (Wildman–Crippen MR) is 59.6 cm³/mol. The zero-order chi connectivity index (χ0) is 9.42. The fourth-order valence-electron chi connectivity index (χ4n) is 1.81. The highest BCUT2D eigenvalue weighted by Crippen LogP contribution is 2.31. The minimum absolute atomic E-state index is 0.336. The lowest BCUT2D eigenvalue weighted by Gasteiger charge is -2.21. The Morgan fingerprint density at radius 3 is 3.15 bits per heavy atom. The largest absolute Gasteiger partial charge is 0.387 e. The highest BCUT2D eigenvalue weighted by Gasteiger charge is 2.21. The number of aliphatic hydroxyl groups is 1. The number of rotatable bonds is 0. The van der Waals surface area contributed by atoms with Crippen LogP contribution in [0.15, 0.2) is 6.07 Å². The number of pyridine rings is 1. The molecule has 0 aliphatic heterocycles. The molecule has 0 spiro atoms. The molecule has 1 aromatic rings. The molecule has 2 rings (SSSR count). The topological polar surface area (TPSA) is 33.1 Å². The lowest BCUT2D eigenvalue weighted by molar-refractivity contribution is 0.151. The van der Waals surface area contributed by atoms with Crippen molar-refractivity contribution in [3.05, 3.63) is 26.6 Å². The average molecular weight is 289 g/mol. The van der Waals surface area contributed by atoms with Gasteiger partial charge in [0, 0.05) is 9.26 Å². The Balaban J connectivity index is 2.56. The van der Waals surface area contributed by atoms with E-state index in [1.165, 1.54) is 9.13 Å². The number of aryl methyl sites for hydroxylation is 1. The van der Waals surface area contributed by atoms with E-state index in [1.807, 2.05) is 6.92 Å². The first-order valence-electron chi connectivity index (χ1n) is 4.52. The van der Waals surface area contributed by atoms with Gasteiger partial charge in [0.1, 0.15) is 0 Å². The Morgan fingerprint density at radius 1 is 1.62 bits per heavy atom. The molecule has 0 saturated heterocycles. The van der Waals surface area contributed by atoms with E-state index >= 15 is 0 Å². The molecule has 70 valence electrons. The van der Waals surface area contributed by atoms with Crippen molar-refractivity contribution in [1.82, 2.24) is 4.98 Å². The zero-order valence-corrected chi connectivity index (χ0v) is 9.71. The Kier molecular flexibility index (Phi) is 2.55. The third-order valence-electron chi connectivity index (χ3n) is 2.45. The van der Waals surface area contributed by atoms with Crippen molar-refractivity contribution in [3.8, 4) is 0 Å². The molecule has 0 saturated carbocycles. The number of hydrogen-bond acceptors (Lipinski definition) is 2. The monoisotopic (exact) mass is 289 g/mol. The average Bonchev–Trinajstić information content (AvgIpc) is 2.07. The zero-order valence-electron chi connectivity index (χ0n) is 7.55. The summed E-state index contributed by atoms with van der Waals surface area (Å²) in [5.74, 6) is 0. The first kappa shape index (κ1) is 9.40. The van der Waals surface area contributed by atoms with Crippen LogP contribution in [0.1, 0.15) is 35.9 Å². The maximum Gasteiger partial charge on any atom is 0.0963 e. The summed E-state index contributed by atoms with van der Waals surface area (Å²) < 4.78 is 1.25. The maximum atomic E-state index is 9.74. The molecule has 0 amide bonds. The summed E-state index contributed by atoms with van der Waals surface area (Å²) in [5, 5.41) is 9.74. The third kappa shape index (κ3) is 1.72. The Hall–Kier alpha value is -0.160. The third-order valence-corrected chi connectivity index (χ3v) is 3.41. The molecule has 2 nitrogen and oxygen atoms in total. The molecule has 1 unspecified atom stereocenters. The number of hydrogen-bond donors (Lipinski definition) is 1. The number of fused-ring (bicyclic) bond motifs is 1. The van der Waals surface area contributed by atoms with Gasteiger partial charge in [-0.15, -0.1) is 0 Å². The molecule has 13 heavy (non-hydrogen) atoms. The summed E-state index contributed by atoms with van der Waals surface area (Å²) in [7, 11) is 0. The summed E-state index contributed by atoms with van der Waals surface area (Å²) in [6.07, 6.45) is 2.67. The van der Waals surface area contributed by atoms with Gasteiger partial charge in [-0.1, -0.05) is 0 Å². The van der Waals surface area contributed by atoms with E-state index in [1.54, 1.807) is 0 Å². The second-order valence-corrected chi connectivity index (χ2v) is 4.68. The molecular formula is C10H12INO. The lowest BCUT2D eigenvalue weighted by atomic mass is 9.93. The molecule has 1 aliphatic rings. The van der Waals surface area contributed by atoms with Gasteiger partial charge in [0.25, 0.3) is 0 Å². The van der Waals surface area contributed by atoms with Crippen LogP contribution in [0.3, 0.4) is 0 Å². The minimum atomic E-state index is -0.336. The number of aliphatic hydroxyl groups excluding tert-OH is 1. The van der Waals surface area contributed by atoms with Crippen LogP contribution in [-0.2, 0) is 6.42 Å². The van der Waals surface area contributed by atoms with Crippen molar-refractivity contribution in [2.75, 3.05) is 0 Å². The van der Waals surface area contributed by atoms with E-state index in [0.717, 1.165) is 30.7 Å². The van der Waals surface area contributed by atoms with Gasteiger partial charge in [-0.3, -0.25) is 4.98 Å². The fraction of sp³-hybridized carbons (Fsp3) is 0.500. The van der Waals surface area contributed by atoms with Crippen LogP contribution < -0.4 is 0 Å². The standard InChI is InChI=1S/C10H12INO/c1-6-5-8(11)7-3-2-4-9(13)10(7)12-6/h5,9,13H,2-4H2,1H3. The second-order valence-electron chi connectivity index (χ2n) is 3.52. The second kappa shape index (κ2) is 3.53. The summed E-state index contributed by atoms with van der Waals surface area (Å²) >= 11 is 2.33. The first-order valence-corrected chi connectivity index (χ1v) is 5.60. The van der Waals surface area contributed by atoms with Crippen LogP contribution >= 0.6 is 22.6 Å². The predicted octanol–water partition coefficient (Wildman–Crippen LogP) is 2.36. The van der Waals surface area contributed by atoms with Crippen LogP contribution in [0.4, 0.5) is 0 Å². The van der Waals surface area contributed by atoms with Crippen LogP contribution in [0.5, 0.6) is 0 Å². The van der Waals surface area contributed by atoms with Crippen molar-refractivity contribution in [1.29, 1.82) is 0 Å². The molecule has 1 heterocycles. The van der Waals surface area contributed by atoms with Gasteiger partial charge < -0.3 is 5.11 Å². The van der Waals surface area contributed by atoms with Crippen LogP contribution in [0.25, 0.3) is 0 Å². The summed E-state index contributed by atoms with van der Waals surface area (Å²) in [6, 6.07) is 2.08. The van der Waals surface area contributed by atoms with E-state index in [0.29, 0.717) is 0 Å². The summed E-state index contributed by atoms with van der Waals surface area (Å²) in [4.78, 5) is 4.40.